The Morgan fingerprint density at radius 1 is 0.830 bits per heavy atom. The Hall–Kier alpha value is -3.79. The third-order valence-corrected chi connectivity index (χ3v) is 9.68. The lowest BCUT2D eigenvalue weighted by atomic mass is 9.92. The van der Waals surface area contributed by atoms with Crippen LogP contribution in [0.2, 0.25) is 0 Å². The molecule has 3 aromatic carbocycles. The molecule has 0 saturated carbocycles. The number of rotatable bonds is 13. The number of halogens is 1. The number of nitrogens with zero attached hydrogens (tertiary/aromatic N) is 4. The molecular weight excluding hydrogens is 595 g/mol. The van der Waals surface area contributed by atoms with E-state index in [1.807, 2.05) is 47.4 Å². The minimum atomic E-state index is -0.729. The fourth-order valence-electron chi connectivity index (χ4n) is 7.11. The van der Waals surface area contributed by atoms with E-state index in [0.29, 0.717) is 25.2 Å². The number of benzene rings is 3. The number of phenols is 1. The lowest BCUT2D eigenvalue weighted by molar-refractivity contribution is -0.137. The van der Waals surface area contributed by atoms with Gasteiger partial charge in [-0.15, -0.1) is 0 Å². The Morgan fingerprint density at radius 3 is 2.26 bits per heavy atom. The van der Waals surface area contributed by atoms with Gasteiger partial charge in [0.15, 0.2) is 0 Å². The van der Waals surface area contributed by atoms with Gasteiger partial charge in [-0.25, -0.2) is 4.39 Å². The smallest absolute Gasteiger partial charge is 0.303 e. The van der Waals surface area contributed by atoms with Crippen LogP contribution in [0.3, 0.4) is 0 Å². The van der Waals surface area contributed by atoms with Crippen molar-refractivity contribution in [3.63, 3.8) is 0 Å². The SMILES string of the molecule is C[C@@H]1CN([C@@H](c2cccc(O)c2)c2cccc(C(=O)N3CCN(CCCCCCC(=O)O)CC3)c2)[C@@H](C)CN1Cc1cccc(F)c1. The van der Waals surface area contributed by atoms with Crippen LogP contribution in [-0.2, 0) is 11.3 Å². The van der Waals surface area contributed by atoms with E-state index in [2.05, 4.69) is 34.6 Å². The second-order valence-electron chi connectivity index (χ2n) is 13.3. The van der Waals surface area contributed by atoms with Crippen molar-refractivity contribution in [2.75, 3.05) is 45.8 Å². The van der Waals surface area contributed by atoms with Gasteiger partial charge in [0.05, 0.1) is 6.04 Å². The number of hydrogen-bond acceptors (Lipinski definition) is 6. The maximum absolute atomic E-state index is 13.9. The van der Waals surface area contributed by atoms with E-state index in [9.17, 15) is 19.1 Å². The molecule has 1 amide bonds. The van der Waals surface area contributed by atoms with Crippen LogP contribution >= 0.6 is 0 Å². The van der Waals surface area contributed by atoms with Crippen LogP contribution in [0.5, 0.6) is 5.75 Å². The molecule has 252 valence electrons. The molecule has 0 radical (unpaired) electrons. The highest BCUT2D eigenvalue weighted by Gasteiger charge is 2.35. The zero-order chi connectivity index (χ0) is 33.3. The summed E-state index contributed by atoms with van der Waals surface area (Å²) in [6.07, 6.45) is 3.98. The van der Waals surface area contributed by atoms with Crippen LogP contribution < -0.4 is 0 Å². The predicted molar refractivity (Wildman–Crippen MR) is 182 cm³/mol. The summed E-state index contributed by atoms with van der Waals surface area (Å²) in [4.78, 5) is 33.7. The molecule has 9 heteroatoms. The van der Waals surface area contributed by atoms with Gasteiger partial charge in [0.1, 0.15) is 11.6 Å². The zero-order valence-electron chi connectivity index (χ0n) is 27.7. The topological polar surface area (TPSA) is 87.6 Å². The van der Waals surface area contributed by atoms with E-state index >= 15 is 0 Å². The van der Waals surface area contributed by atoms with Crippen molar-refractivity contribution >= 4 is 11.9 Å². The number of hydrogen-bond donors (Lipinski definition) is 2. The first-order valence-electron chi connectivity index (χ1n) is 17.0. The Labute approximate surface area is 278 Å². The van der Waals surface area contributed by atoms with Gasteiger partial charge in [-0.3, -0.25) is 24.3 Å². The molecule has 3 atom stereocenters. The number of amides is 1. The Morgan fingerprint density at radius 2 is 1.53 bits per heavy atom. The van der Waals surface area contributed by atoms with Crippen LogP contribution in [-0.4, -0.2) is 99.6 Å². The summed E-state index contributed by atoms with van der Waals surface area (Å²) in [5.41, 5.74) is 3.62. The predicted octanol–water partition coefficient (Wildman–Crippen LogP) is 6.01. The van der Waals surface area contributed by atoms with Crippen molar-refractivity contribution in [2.45, 2.75) is 70.6 Å². The molecule has 2 saturated heterocycles. The number of carbonyl (C=O) groups is 2. The molecular formula is C38H49FN4O4. The summed E-state index contributed by atoms with van der Waals surface area (Å²) in [6, 6.07) is 22.4. The third kappa shape index (κ3) is 9.40. The molecule has 3 aromatic rings. The van der Waals surface area contributed by atoms with Crippen LogP contribution in [0.1, 0.15) is 79.0 Å². The zero-order valence-corrected chi connectivity index (χ0v) is 27.7. The van der Waals surface area contributed by atoms with Crippen molar-refractivity contribution in [1.29, 1.82) is 0 Å². The van der Waals surface area contributed by atoms with E-state index in [4.69, 9.17) is 5.11 Å². The monoisotopic (exact) mass is 644 g/mol. The summed E-state index contributed by atoms with van der Waals surface area (Å²) in [7, 11) is 0. The maximum Gasteiger partial charge on any atom is 0.303 e. The maximum atomic E-state index is 13.9. The highest BCUT2D eigenvalue weighted by atomic mass is 19.1. The van der Waals surface area contributed by atoms with Crippen LogP contribution in [0.25, 0.3) is 0 Å². The highest BCUT2D eigenvalue weighted by molar-refractivity contribution is 5.94. The van der Waals surface area contributed by atoms with Gasteiger partial charge < -0.3 is 15.1 Å². The quantitative estimate of drug-likeness (QED) is 0.221. The third-order valence-electron chi connectivity index (χ3n) is 9.68. The van der Waals surface area contributed by atoms with E-state index < -0.39 is 5.97 Å². The Kier molecular flexibility index (Phi) is 12.0. The number of aliphatic carboxylic acids is 1. The lowest BCUT2D eigenvalue weighted by Crippen LogP contribution is -2.56. The second-order valence-corrected chi connectivity index (χ2v) is 13.3. The summed E-state index contributed by atoms with van der Waals surface area (Å²) < 4.78 is 13.9. The van der Waals surface area contributed by atoms with Crippen LogP contribution in [0.15, 0.2) is 72.8 Å². The van der Waals surface area contributed by atoms with Crippen molar-refractivity contribution in [3.05, 3.63) is 101 Å². The number of carboxylic acid groups (broad SMARTS) is 1. The number of unbranched alkanes of at least 4 members (excludes halogenated alkanes) is 3. The number of carboxylic acids is 1. The minimum absolute atomic E-state index is 0.0381. The largest absolute Gasteiger partial charge is 0.508 e. The van der Waals surface area contributed by atoms with Crippen LogP contribution in [0.4, 0.5) is 4.39 Å². The van der Waals surface area contributed by atoms with Gasteiger partial charge in [0.2, 0.25) is 0 Å². The molecule has 2 aliphatic heterocycles. The summed E-state index contributed by atoms with van der Waals surface area (Å²) in [5, 5.41) is 19.3. The molecule has 0 aliphatic carbocycles. The molecule has 2 fully saturated rings. The lowest BCUT2D eigenvalue weighted by Gasteiger charge is -2.47. The first-order chi connectivity index (χ1) is 22.7. The molecule has 8 nitrogen and oxygen atoms in total. The van der Waals surface area contributed by atoms with Gasteiger partial charge in [-0.05, 0) is 86.3 Å². The fraction of sp³-hybridized carbons (Fsp3) is 0.474. The first-order valence-corrected chi connectivity index (χ1v) is 17.0. The summed E-state index contributed by atoms with van der Waals surface area (Å²) >= 11 is 0. The van der Waals surface area contributed by atoms with Gasteiger partial charge in [-0.1, -0.05) is 49.2 Å². The van der Waals surface area contributed by atoms with E-state index in [0.717, 1.165) is 75.1 Å². The van der Waals surface area contributed by atoms with E-state index in [1.165, 1.54) is 6.07 Å². The van der Waals surface area contributed by atoms with Crippen molar-refractivity contribution in [2.24, 2.45) is 0 Å². The number of phenolic OH excluding ortho intramolecular Hbond substituents is 1. The summed E-state index contributed by atoms with van der Waals surface area (Å²) in [5.74, 6) is -0.698. The second kappa shape index (κ2) is 16.4. The molecule has 47 heavy (non-hydrogen) atoms. The molecule has 2 N–H and O–H groups in total. The van der Waals surface area contributed by atoms with E-state index in [-0.39, 0.29) is 42.0 Å². The van der Waals surface area contributed by atoms with E-state index in [1.54, 1.807) is 18.2 Å². The number of aromatic hydroxyl groups is 1. The number of carbonyl (C=O) groups excluding carboxylic acids is 1. The van der Waals surface area contributed by atoms with Crippen molar-refractivity contribution in [1.82, 2.24) is 19.6 Å². The van der Waals surface area contributed by atoms with Crippen LogP contribution in [0, 0.1) is 5.82 Å². The molecule has 2 heterocycles. The summed E-state index contributed by atoms with van der Waals surface area (Å²) in [6.45, 7) is 10.7. The average molecular weight is 645 g/mol. The molecule has 0 unspecified atom stereocenters. The normalized spacial score (nSPS) is 20.3. The van der Waals surface area contributed by atoms with Crippen molar-refractivity contribution < 1.29 is 24.2 Å². The minimum Gasteiger partial charge on any atom is -0.508 e. The molecule has 5 rings (SSSR count). The molecule has 2 aliphatic rings. The van der Waals surface area contributed by atoms with Gasteiger partial charge in [0, 0.05) is 69.9 Å². The van der Waals surface area contributed by atoms with Crippen molar-refractivity contribution in [3.8, 4) is 5.75 Å². The number of piperazine rings is 2. The first kappa shape index (κ1) is 34.5. The Balaban J connectivity index is 1.26. The Bertz CT molecular complexity index is 1490. The fourth-order valence-corrected chi connectivity index (χ4v) is 7.11. The highest BCUT2D eigenvalue weighted by Crippen LogP contribution is 2.35. The molecule has 0 spiro atoms. The van der Waals surface area contributed by atoms with Gasteiger partial charge in [-0.2, -0.15) is 0 Å². The molecule has 0 aromatic heterocycles. The standard InChI is InChI=1S/C38H49FN4O4/c1-28-26-43(29(2)25-42(28)27-30-10-7-14-34(39)22-30)37(32-12-9-15-35(44)24-32)31-11-8-13-33(23-31)38(47)41-20-18-40(19-21-41)17-6-4-3-5-16-36(45)46/h7-15,22-24,28-29,37,44H,3-6,16-21,25-27H2,1-2H3,(H,45,46)/t28-,29+,37-/m1/s1. The molecule has 0 bridgehead atoms. The average Bonchev–Trinajstić information content (AvgIpc) is 3.05. The van der Waals surface area contributed by atoms with Gasteiger partial charge in [0.25, 0.3) is 5.91 Å². The van der Waals surface area contributed by atoms with Gasteiger partial charge >= 0.3 is 5.97 Å².